The van der Waals surface area contributed by atoms with Crippen LogP contribution in [-0.2, 0) is 12.8 Å². The zero-order valence-corrected chi connectivity index (χ0v) is 15.9. The Labute approximate surface area is 161 Å². The van der Waals surface area contributed by atoms with E-state index in [0.717, 1.165) is 57.9 Å². The maximum Gasteiger partial charge on any atom is 0.135 e. The second-order valence-electron chi connectivity index (χ2n) is 7.95. The number of hydrogen-bond acceptors (Lipinski definition) is 6. The molecule has 2 aliphatic heterocycles. The molecule has 2 aromatic heterocycles. The number of fused-ring (bicyclic) bond motifs is 1. The van der Waals surface area contributed by atoms with Crippen LogP contribution in [0, 0.1) is 0 Å². The molecule has 5 rings (SSSR count). The Hall–Kier alpha value is -2.21. The lowest BCUT2D eigenvalue weighted by Crippen LogP contribution is -2.63. The molecule has 2 saturated heterocycles. The highest BCUT2D eigenvalue weighted by Crippen LogP contribution is 2.30. The maximum atomic E-state index is 4.67. The van der Waals surface area contributed by atoms with Crippen LogP contribution >= 0.6 is 0 Å². The van der Waals surface area contributed by atoms with Crippen molar-refractivity contribution < 1.29 is 0 Å². The molecule has 0 saturated carbocycles. The molecular formula is C21H28N6. The smallest absolute Gasteiger partial charge is 0.135 e. The van der Waals surface area contributed by atoms with Gasteiger partial charge in [0.05, 0.1) is 0 Å². The van der Waals surface area contributed by atoms with Crippen LogP contribution in [0.5, 0.6) is 0 Å². The summed E-state index contributed by atoms with van der Waals surface area (Å²) in [6, 6.07) is 6.83. The molecule has 142 valence electrons. The van der Waals surface area contributed by atoms with Gasteiger partial charge < -0.3 is 9.80 Å². The third-order valence-electron chi connectivity index (χ3n) is 6.32. The lowest BCUT2D eigenvalue weighted by Gasteiger charge is -2.49. The first-order chi connectivity index (χ1) is 13.4. The van der Waals surface area contributed by atoms with Gasteiger partial charge in [-0.15, -0.1) is 0 Å². The predicted octanol–water partition coefficient (Wildman–Crippen LogP) is 2.15. The van der Waals surface area contributed by atoms with Crippen molar-refractivity contribution in [3.8, 4) is 0 Å². The number of pyridine rings is 1. The van der Waals surface area contributed by atoms with E-state index in [2.05, 4.69) is 41.8 Å². The Kier molecular flexibility index (Phi) is 4.66. The van der Waals surface area contributed by atoms with Gasteiger partial charge in [-0.3, -0.25) is 4.90 Å². The fourth-order valence-electron chi connectivity index (χ4n) is 4.67. The molecule has 0 aromatic carbocycles. The van der Waals surface area contributed by atoms with Crippen molar-refractivity contribution in [3.63, 3.8) is 0 Å². The fourth-order valence-corrected chi connectivity index (χ4v) is 4.67. The third-order valence-corrected chi connectivity index (χ3v) is 6.32. The number of rotatable bonds is 3. The highest BCUT2D eigenvalue weighted by molar-refractivity contribution is 5.52. The molecule has 3 aliphatic rings. The molecule has 0 spiro atoms. The highest BCUT2D eigenvalue weighted by atomic mass is 15.4. The number of nitrogens with zero attached hydrogens (tertiary/aromatic N) is 6. The monoisotopic (exact) mass is 364 g/mol. The largest absolute Gasteiger partial charge is 0.354 e. The second-order valence-corrected chi connectivity index (χ2v) is 7.95. The Bertz CT molecular complexity index is 765. The second kappa shape index (κ2) is 7.43. The number of hydrogen-bond donors (Lipinski definition) is 0. The molecule has 4 heterocycles. The average molecular weight is 364 g/mol. The summed E-state index contributed by atoms with van der Waals surface area (Å²) < 4.78 is 0. The van der Waals surface area contributed by atoms with Crippen molar-refractivity contribution >= 4 is 11.6 Å². The first-order valence-electron chi connectivity index (χ1n) is 10.4. The molecule has 0 unspecified atom stereocenters. The van der Waals surface area contributed by atoms with Gasteiger partial charge >= 0.3 is 0 Å². The summed E-state index contributed by atoms with van der Waals surface area (Å²) in [6.07, 6.45) is 9.80. The Morgan fingerprint density at radius 1 is 0.815 bits per heavy atom. The van der Waals surface area contributed by atoms with Crippen molar-refractivity contribution in [1.29, 1.82) is 0 Å². The molecule has 0 radical (unpaired) electrons. The van der Waals surface area contributed by atoms with Gasteiger partial charge in [0.15, 0.2) is 0 Å². The number of aromatic nitrogens is 3. The molecule has 0 amide bonds. The first-order valence-corrected chi connectivity index (χ1v) is 10.4. The summed E-state index contributed by atoms with van der Waals surface area (Å²) in [5.74, 6) is 2.32. The molecule has 2 fully saturated rings. The van der Waals surface area contributed by atoms with Crippen LogP contribution in [0.15, 0.2) is 30.7 Å². The molecule has 6 heteroatoms. The van der Waals surface area contributed by atoms with Crippen molar-refractivity contribution in [3.05, 3.63) is 42.0 Å². The van der Waals surface area contributed by atoms with Gasteiger partial charge in [0.2, 0.25) is 0 Å². The van der Waals surface area contributed by atoms with E-state index < -0.39 is 0 Å². The summed E-state index contributed by atoms with van der Waals surface area (Å²) in [7, 11) is 0. The summed E-state index contributed by atoms with van der Waals surface area (Å²) in [5.41, 5.74) is 2.72. The lowest BCUT2D eigenvalue weighted by molar-refractivity contribution is 0.156. The zero-order chi connectivity index (χ0) is 18.1. The molecule has 1 aliphatic carbocycles. The van der Waals surface area contributed by atoms with Crippen LogP contribution in [0.3, 0.4) is 0 Å². The minimum Gasteiger partial charge on any atom is -0.354 e. The molecular weight excluding hydrogens is 336 g/mol. The van der Waals surface area contributed by atoms with Crippen LogP contribution in [0.4, 0.5) is 11.6 Å². The zero-order valence-electron chi connectivity index (χ0n) is 15.9. The van der Waals surface area contributed by atoms with E-state index in [1.165, 1.54) is 36.3 Å². The standard InChI is InChI=1S/C21H28N6/c1-2-6-18-19(7-3-1)23-16-24-21(18)27-14-17(15-27)25-10-12-26(13-11-25)20-8-4-5-9-22-20/h4-5,8-9,16-17H,1-3,6-7,10-15H2. The third kappa shape index (κ3) is 3.38. The molecule has 0 atom stereocenters. The molecule has 2 aromatic rings. The van der Waals surface area contributed by atoms with Gasteiger partial charge in [-0.05, 0) is 37.8 Å². The molecule has 0 N–H and O–H groups in total. The van der Waals surface area contributed by atoms with Gasteiger partial charge in [-0.2, -0.15) is 0 Å². The van der Waals surface area contributed by atoms with E-state index in [-0.39, 0.29) is 0 Å². The normalized spacial score (nSPS) is 21.5. The number of aryl methyl sites for hydroxylation is 1. The van der Waals surface area contributed by atoms with Crippen LogP contribution in [0.1, 0.15) is 30.5 Å². The van der Waals surface area contributed by atoms with E-state index >= 15 is 0 Å². The van der Waals surface area contributed by atoms with Crippen molar-refractivity contribution in [2.45, 2.75) is 38.1 Å². The Morgan fingerprint density at radius 3 is 2.48 bits per heavy atom. The van der Waals surface area contributed by atoms with Crippen LogP contribution in [0.2, 0.25) is 0 Å². The number of piperazine rings is 1. The van der Waals surface area contributed by atoms with Gasteiger partial charge in [-0.1, -0.05) is 12.5 Å². The van der Waals surface area contributed by atoms with E-state index in [9.17, 15) is 0 Å². The van der Waals surface area contributed by atoms with E-state index in [4.69, 9.17) is 0 Å². The van der Waals surface area contributed by atoms with Gasteiger partial charge in [0.1, 0.15) is 18.0 Å². The topological polar surface area (TPSA) is 48.4 Å². The number of anilines is 2. The summed E-state index contributed by atoms with van der Waals surface area (Å²) in [6.45, 7) is 6.58. The minimum atomic E-state index is 0.660. The van der Waals surface area contributed by atoms with Gasteiger partial charge in [0, 0.05) is 62.8 Å². The molecule has 0 bridgehead atoms. The maximum absolute atomic E-state index is 4.67. The van der Waals surface area contributed by atoms with Crippen LogP contribution in [-0.4, -0.2) is 65.2 Å². The van der Waals surface area contributed by atoms with Crippen molar-refractivity contribution in [1.82, 2.24) is 19.9 Å². The van der Waals surface area contributed by atoms with E-state index in [1.54, 1.807) is 6.33 Å². The minimum absolute atomic E-state index is 0.660. The Balaban J connectivity index is 1.19. The summed E-state index contributed by atoms with van der Waals surface area (Å²) in [5, 5.41) is 0. The summed E-state index contributed by atoms with van der Waals surface area (Å²) >= 11 is 0. The van der Waals surface area contributed by atoms with Crippen LogP contribution < -0.4 is 9.80 Å². The van der Waals surface area contributed by atoms with Crippen molar-refractivity contribution in [2.75, 3.05) is 49.1 Å². The molecule has 27 heavy (non-hydrogen) atoms. The lowest BCUT2D eigenvalue weighted by atomic mass is 10.0. The Morgan fingerprint density at radius 2 is 1.67 bits per heavy atom. The average Bonchev–Trinajstić information content (AvgIpc) is 2.94. The highest BCUT2D eigenvalue weighted by Gasteiger charge is 2.35. The molecule has 6 nitrogen and oxygen atoms in total. The quantitative estimate of drug-likeness (QED) is 0.778. The SMILES string of the molecule is c1ccc(N2CCN(C3CN(c4ncnc5c4CCCCC5)C3)CC2)nc1. The summed E-state index contributed by atoms with van der Waals surface area (Å²) in [4.78, 5) is 21.2. The van der Waals surface area contributed by atoms with E-state index in [0.29, 0.717) is 6.04 Å². The van der Waals surface area contributed by atoms with Gasteiger partial charge in [-0.25, -0.2) is 15.0 Å². The van der Waals surface area contributed by atoms with Crippen LogP contribution in [0.25, 0.3) is 0 Å². The predicted molar refractivity (Wildman–Crippen MR) is 107 cm³/mol. The van der Waals surface area contributed by atoms with Crippen molar-refractivity contribution in [2.24, 2.45) is 0 Å². The van der Waals surface area contributed by atoms with E-state index in [1.807, 2.05) is 12.3 Å². The first kappa shape index (κ1) is 16.9. The fraction of sp³-hybridized carbons (Fsp3) is 0.571. The van der Waals surface area contributed by atoms with Gasteiger partial charge in [0.25, 0.3) is 0 Å².